The summed E-state index contributed by atoms with van der Waals surface area (Å²) >= 11 is 6.27. The standard InChI is InChI=1S/C21H26N2O6S2/c1-4-6-12-28-19(25)23(20(26)29-13-7-5-2)22-18(24)17(31-21(22)30)14-15-8-10-16(27-3)11-9-15/h8-11,14H,4-7,12-13H2,1-3H3/b17-14+. The van der Waals surface area contributed by atoms with Crippen LogP contribution in [0.2, 0.25) is 0 Å². The number of carbonyl (C=O) groups is 3. The van der Waals surface area contributed by atoms with Crippen LogP contribution >= 0.6 is 24.0 Å². The first-order valence-corrected chi connectivity index (χ1v) is 11.2. The van der Waals surface area contributed by atoms with E-state index in [0.29, 0.717) is 23.6 Å². The van der Waals surface area contributed by atoms with Crippen LogP contribution in [0.4, 0.5) is 9.59 Å². The van der Waals surface area contributed by atoms with E-state index < -0.39 is 18.1 Å². The normalized spacial score (nSPS) is 14.7. The van der Waals surface area contributed by atoms with Gasteiger partial charge in [-0.1, -0.05) is 50.6 Å². The predicted octanol–water partition coefficient (Wildman–Crippen LogP) is 4.99. The van der Waals surface area contributed by atoms with Gasteiger partial charge in [-0.05, 0) is 48.8 Å². The fourth-order valence-corrected chi connectivity index (χ4v) is 3.69. The molecule has 0 bridgehead atoms. The van der Waals surface area contributed by atoms with Crippen LogP contribution in [0.5, 0.6) is 5.75 Å². The third kappa shape index (κ3) is 6.70. The minimum atomic E-state index is -1.00. The average Bonchev–Trinajstić information content (AvgIpc) is 3.02. The lowest BCUT2D eigenvalue weighted by atomic mass is 10.2. The molecule has 0 aliphatic carbocycles. The number of amides is 3. The summed E-state index contributed by atoms with van der Waals surface area (Å²) in [4.78, 5) is 38.5. The van der Waals surface area contributed by atoms with Crippen molar-refractivity contribution >= 4 is 52.5 Å². The minimum Gasteiger partial charge on any atom is -0.497 e. The van der Waals surface area contributed by atoms with E-state index in [1.807, 2.05) is 13.8 Å². The molecule has 8 nitrogen and oxygen atoms in total. The molecule has 1 aromatic rings. The average molecular weight is 467 g/mol. The molecule has 1 aliphatic heterocycles. The Labute approximate surface area is 191 Å². The Morgan fingerprint density at radius 1 is 1.06 bits per heavy atom. The number of methoxy groups -OCH3 is 1. The van der Waals surface area contributed by atoms with E-state index in [1.54, 1.807) is 37.5 Å². The van der Waals surface area contributed by atoms with Crippen molar-refractivity contribution in [2.75, 3.05) is 20.3 Å². The maximum atomic E-state index is 13.0. The van der Waals surface area contributed by atoms with Gasteiger partial charge in [0.2, 0.25) is 0 Å². The number of thiocarbonyl (C=S) groups is 1. The van der Waals surface area contributed by atoms with Crippen LogP contribution in [0.1, 0.15) is 45.1 Å². The van der Waals surface area contributed by atoms with Gasteiger partial charge in [0.05, 0.1) is 25.2 Å². The zero-order valence-electron chi connectivity index (χ0n) is 17.8. The molecule has 1 aromatic carbocycles. The zero-order valence-corrected chi connectivity index (χ0v) is 19.4. The van der Waals surface area contributed by atoms with Gasteiger partial charge in [0.25, 0.3) is 5.91 Å². The predicted molar refractivity (Wildman–Crippen MR) is 122 cm³/mol. The van der Waals surface area contributed by atoms with Crippen molar-refractivity contribution < 1.29 is 28.6 Å². The molecule has 0 aromatic heterocycles. The smallest absolute Gasteiger partial charge is 0.439 e. The second-order valence-corrected chi connectivity index (χ2v) is 8.19. The molecule has 1 fully saturated rings. The summed E-state index contributed by atoms with van der Waals surface area (Å²) in [6.07, 6.45) is 2.48. The lowest BCUT2D eigenvalue weighted by molar-refractivity contribution is -0.130. The molecular weight excluding hydrogens is 440 g/mol. The molecule has 10 heteroatoms. The summed E-state index contributed by atoms with van der Waals surface area (Å²) in [5, 5.41) is 1.37. The summed E-state index contributed by atoms with van der Waals surface area (Å²) < 4.78 is 15.5. The van der Waals surface area contributed by atoms with Gasteiger partial charge >= 0.3 is 12.2 Å². The first-order valence-electron chi connectivity index (χ1n) is 9.98. The van der Waals surface area contributed by atoms with Crippen molar-refractivity contribution in [3.8, 4) is 5.75 Å². The minimum absolute atomic E-state index is 0.0321. The Morgan fingerprint density at radius 3 is 2.10 bits per heavy atom. The number of imide groups is 1. The van der Waals surface area contributed by atoms with Crippen LogP contribution in [0.25, 0.3) is 6.08 Å². The molecule has 0 N–H and O–H groups in total. The van der Waals surface area contributed by atoms with Crippen molar-refractivity contribution in [1.29, 1.82) is 0 Å². The molecule has 168 valence electrons. The Kier molecular flexibility index (Phi) is 9.80. The van der Waals surface area contributed by atoms with Gasteiger partial charge in [0.15, 0.2) is 4.32 Å². The summed E-state index contributed by atoms with van der Waals surface area (Å²) in [6.45, 7) is 4.11. The molecule has 1 heterocycles. The summed E-state index contributed by atoms with van der Waals surface area (Å²) in [6, 6.07) is 7.08. The summed E-state index contributed by atoms with van der Waals surface area (Å²) in [5.74, 6) is 0.0752. The van der Waals surface area contributed by atoms with Crippen LogP contribution in [-0.2, 0) is 14.3 Å². The van der Waals surface area contributed by atoms with Crippen LogP contribution in [0.15, 0.2) is 29.2 Å². The van der Waals surface area contributed by atoms with Crippen molar-refractivity contribution in [1.82, 2.24) is 10.0 Å². The molecule has 1 aliphatic rings. The number of hydrazine groups is 1. The topological polar surface area (TPSA) is 85.4 Å². The molecule has 1 saturated heterocycles. The third-order valence-corrected chi connectivity index (χ3v) is 5.46. The van der Waals surface area contributed by atoms with E-state index in [1.165, 1.54) is 0 Å². The SMILES string of the molecule is CCCCOC(=O)N(C(=O)OCCCC)N1C(=O)/C(=C\c2ccc(OC)cc2)SC1=S. The highest BCUT2D eigenvalue weighted by Crippen LogP contribution is 2.34. The quantitative estimate of drug-likeness (QED) is 0.286. The lowest BCUT2D eigenvalue weighted by Gasteiger charge is -2.26. The number of benzene rings is 1. The number of unbranched alkanes of at least 4 members (excludes halogenated alkanes) is 2. The second kappa shape index (κ2) is 12.3. The highest BCUT2D eigenvalue weighted by atomic mass is 32.2. The zero-order chi connectivity index (χ0) is 22.8. The molecule has 3 amide bonds. The molecule has 0 unspecified atom stereocenters. The Hall–Kier alpha value is -2.59. The maximum Gasteiger partial charge on any atom is 0.439 e. The van der Waals surface area contributed by atoms with Gasteiger partial charge < -0.3 is 14.2 Å². The molecule has 2 rings (SSSR count). The van der Waals surface area contributed by atoms with Gasteiger partial charge in [-0.25, -0.2) is 9.59 Å². The van der Waals surface area contributed by atoms with E-state index in [9.17, 15) is 14.4 Å². The van der Waals surface area contributed by atoms with E-state index in [0.717, 1.165) is 35.2 Å². The summed E-state index contributed by atoms with van der Waals surface area (Å²) in [7, 11) is 1.56. The van der Waals surface area contributed by atoms with E-state index >= 15 is 0 Å². The molecule has 0 saturated carbocycles. The van der Waals surface area contributed by atoms with E-state index in [2.05, 4.69) is 0 Å². The van der Waals surface area contributed by atoms with E-state index in [4.69, 9.17) is 26.4 Å². The van der Waals surface area contributed by atoms with E-state index in [-0.39, 0.29) is 22.4 Å². The van der Waals surface area contributed by atoms with Gasteiger partial charge in [0.1, 0.15) is 5.75 Å². The van der Waals surface area contributed by atoms with Crippen molar-refractivity contribution in [2.45, 2.75) is 39.5 Å². The van der Waals surface area contributed by atoms with Gasteiger partial charge in [0, 0.05) is 0 Å². The fourth-order valence-electron chi connectivity index (χ4n) is 2.45. The Bertz CT molecular complexity index is 819. The van der Waals surface area contributed by atoms with Crippen molar-refractivity contribution in [3.05, 3.63) is 34.7 Å². The second-order valence-electron chi connectivity index (χ2n) is 6.51. The first-order chi connectivity index (χ1) is 14.9. The maximum absolute atomic E-state index is 13.0. The number of hydrogen-bond donors (Lipinski definition) is 0. The highest BCUT2D eigenvalue weighted by molar-refractivity contribution is 8.26. The molecule has 0 spiro atoms. The Morgan fingerprint density at radius 2 is 1.61 bits per heavy atom. The number of rotatable bonds is 9. The number of thioether (sulfide) groups is 1. The van der Waals surface area contributed by atoms with Crippen molar-refractivity contribution in [2.24, 2.45) is 0 Å². The highest BCUT2D eigenvalue weighted by Gasteiger charge is 2.43. The Balaban J connectivity index is 2.25. The van der Waals surface area contributed by atoms with Crippen LogP contribution in [0, 0.1) is 0 Å². The molecule has 0 radical (unpaired) electrons. The largest absolute Gasteiger partial charge is 0.497 e. The molecule has 0 atom stereocenters. The van der Waals surface area contributed by atoms with Gasteiger partial charge in [-0.3, -0.25) is 4.79 Å². The monoisotopic (exact) mass is 466 g/mol. The first kappa shape index (κ1) is 24.7. The lowest BCUT2D eigenvalue weighted by Crippen LogP contribution is -2.52. The van der Waals surface area contributed by atoms with Crippen LogP contribution in [-0.4, -0.2) is 52.8 Å². The third-order valence-electron chi connectivity index (χ3n) is 4.18. The fraction of sp³-hybridized carbons (Fsp3) is 0.429. The van der Waals surface area contributed by atoms with Crippen molar-refractivity contribution in [3.63, 3.8) is 0 Å². The number of nitrogens with zero attached hydrogens (tertiary/aromatic N) is 2. The van der Waals surface area contributed by atoms with Crippen LogP contribution in [0.3, 0.4) is 0 Å². The van der Waals surface area contributed by atoms with Crippen LogP contribution < -0.4 is 4.74 Å². The number of ether oxygens (including phenoxy) is 3. The van der Waals surface area contributed by atoms with Gasteiger partial charge in [-0.2, -0.15) is 5.01 Å². The summed E-state index contributed by atoms with van der Waals surface area (Å²) in [5.41, 5.74) is 0.740. The number of carbonyl (C=O) groups excluding carboxylic acids is 3. The number of hydrogen-bond acceptors (Lipinski definition) is 8. The molecule has 31 heavy (non-hydrogen) atoms. The molecular formula is C21H26N2O6S2. The van der Waals surface area contributed by atoms with Gasteiger partial charge in [-0.15, -0.1) is 5.01 Å².